The first kappa shape index (κ1) is 12.9. The van der Waals surface area contributed by atoms with Crippen LogP contribution in [0.4, 0.5) is 4.79 Å². The molecule has 0 aliphatic heterocycles. The van der Waals surface area contributed by atoms with E-state index in [-0.39, 0.29) is 6.03 Å². The van der Waals surface area contributed by atoms with Gasteiger partial charge in [-0.3, -0.25) is 0 Å². The highest BCUT2D eigenvalue weighted by Crippen LogP contribution is 2.30. The summed E-state index contributed by atoms with van der Waals surface area (Å²) in [6.07, 6.45) is 12.9. The Morgan fingerprint density at radius 3 is 1.65 bits per heavy atom. The van der Waals surface area contributed by atoms with E-state index in [1.54, 1.807) is 0 Å². The molecule has 3 nitrogen and oxygen atoms in total. The number of hydrogen-bond donors (Lipinski definition) is 1. The lowest BCUT2D eigenvalue weighted by molar-refractivity contribution is 0.108. The molecule has 0 radical (unpaired) electrons. The fraction of sp³-hybridized carbons (Fsp3) is 0.923. The summed E-state index contributed by atoms with van der Waals surface area (Å²) in [4.78, 5) is 17.4. The van der Waals surface area contributed by atoms with Crippen LogP contribution in [-0.4, -0.2) is 33.4 Å². The second-order valence-electron chi connectivity index (χ2n) is 5.55. The van der Waals surface area contributed by atoms with Gasteiger partial charge in [0, 0.05) is 12.1 Å². The Morgan fingerprint density at radius 2 is 1.29 bits per heavy atom. The molecule has 2 rings (SSSR count). The van der Waals surface area contributed by atoms with Gasteiger partial charge in [0.2, 0.25) is 0 Å². The lowest BCUT2D eigenvalue weighted by atomic mass is 9.89. The molecule has 4 heteroatoms. The van der Waals surface area contributed by atoms with Gasteiger partial charge in [-0.05, 0) is 25.7 Å². The zero-order valence-corrected chi connectivity index (χ0v) is 13.1. The summed E-state index contributed by atoms with van der Waals surface area (Å²) in [6.45, 7) is 0. The highest BCUT2D eigenvalue weighted by atomic mass is 28.2. The molecule has 1 N–H and O–H groups in total. The molecule has 98 valence electrons. The molecule has 17 heavy (non-hydrogen) atoms. The number of nitrogens with zero attached hydrogens (tertiary/aromatic N) is 1. The van der Waals surface area contributed by atoms with E-state index in [1.165, 1.54) is 64.2 Å². The Bertz CT molecular complexity index is 230. The molecule has 2 aliphatic rings. The molecule has 0 aromatic carbocycles. The van der Waals surface area contributed by atoms with Gasteiger partial charge in [0.1, 0.15) is 10.4 Å². The predicted molar refractivity (Wildman–Crippen MR) is 74.1 cm³/mol. The van der Waals surface area contributed by atoms with Crippen molar-refractivity contribution < 1.29 is 4.79 Å². The zero-order chi connectivity index (χ0) is 12.1. The third kappa shape index (κ3) is 3.24. The molecule has 0 atom stereocenters. The second-order valence-corrected chi connectivity index (χ2v) is 6.05. The molecule has 0 unspecified atom stereocenters. The number of nitrogens with one attached hydrogen (secondary N) is 1. The van der Waals surface area contributed by atoms with Crippen LogP contribution in [-0.2, 0) is 0 Å². The van der Waals surface area contributed by atoms with Crippen LogP contribution >= 0.6 is 0 Å². The van der Waals surface area contributed by atoms with Crippen molar-refractivity contribution in [1.82, 2.24) is 9.88 Å². The second kappa shape index (κ2) is 6.43. The largest absolute Gasteiger partial charge is 0.373 e. The van der Waals surface area contributed by atoms with Gasteiger partial charge in [0.15, 0.2) is 0 Å². The maximum Gasteiger partial charge on any atom is 0.309 e. The minimum atomic E-state index is 0.218. The summed E-state index contributed by atoms with van der Waals surface area (Å²) >= 11 is 0. The lowest BCUT2D eigenvalue weighted by Gasteiger charge is -2.41. The van der Waals surface area contributed by atoms with E-state index in [9.17, 15) is 4.79 Å². The minimum absolute atomic E-state index is 0.218. The standard InChI is InChI=1S/C13H26N2OSi/c16-13(14-17)15(11-7-3-1-4-8-11)12-9-5-2-6-10-12/h11-12H,1-10H2,17H3,(H,14,16). The van der Waals surface area contributed by atoms with Gasteiger partial charge in [-0.15, -0.1) is 0 Å². The van der Waals surface area contributed by atoms with Crippen molar-refractivity contribution in [2.24, 2.45) is 0 Å². The van der Waals surface area contributed by atoms with Crippen LogP contribution in [0.15, 0.2) is 0 Å². The summed E-state index contributed by atoms with van der Waals surface area (Å²) in [7, 11) is 0.770. The predicted octanol–water partition coefficient (Wildman–Crippen LogP) is 1.94. The van der Waals surface area contributed by atoms with Crippen molar-refractivity contribution in [2.75, 3.05) is 0 Å². The van der Waals surface area contributed by atoms with Gasteiger partial charge < -0.3 is 9.88 Å². The fourth-order valence-corrected chi connectivity index (χ4v) is 3.74. The summed E-state index contributed by atoms with van der Waals surface area (Å²) in [5, 5.41) is 0. The first-order chi connectivity index (χ1) is 8.33. The smallest absolute Gasteiger partial charge is 0.309 e. The Labute approximate surface area is 108 Å². The fourth-order valence-electron chi connectivity index (χ4n) is 3.48. The van der Waals surface area contributed by atoms with Crippen molar-refractivity contribution in [3.05, 3.63) is 0 Å². The molecule has 0 aromatic rings. The van der Waals surface area contributed by atoms with Crippen LogP contribution in [0.25, 0.3) is 0 Å². The van der Waals surface area contributed by atoms with E-state index in [0.29, 0.717) is 12.1 Å². The highest BCUT2D eigenvalue weighted by molar-refractivity contribution is 6.13. The van der Waals surface area contributed by atoms with Crippen molar-refractivity contribution >= 4 is 16.4 Å². The maximum absolute atomic E-state index is 12.2. The van der Waals surface area contributed by atoms with Crippen LogP contribution in [0.1, 0.15) is 64.2 Å². The Morgan fingerprint density at radius 1 is 0.882 bits per heavy atom. The lowest BCUT2D eigenvalue weighted by Crippen LogP contribution is -2.52. The molecule has 0 bridgehead atoms. The third-order valence-corrected chi connectivity index (χ3v) is 4.81. The van der Waals surface area contributed by atoms with Gasteiger partial charge in [-0.2, -0.15) is 0 Å². The van der Waals surface area contributed by atoms with Crippen LogP contribution in [0.3, 0.4) is 0 Å². The summed E-state index contributed by atoms with van der Waals surface area (Å²) in [5.41, 5.74) is 0. The number of rotatable bonds is 2. The molecule has 2 saturated carbocycles. The van der Waals surface area contributed by atoms with Crippen molar-refractivity contribution in [2.45, 2.75) is 76.3 Å². The van der Waals surface area contributed by atoms with Crippen LogP contribution < -0.4 is 4.98 Å². The van der Waals surface area contributed by atoms with E-state index in [0.717, 1.165) is 10.4 Å². The number of hydrogen-bond acceptors (Lipinski definition) is 1. The first-order valence-electron chi connectivity index (χ1n) is 7.33. The van der Waals surface area contributed by atoms with Crippen LogP contribution in [0, 0.1) is 0 Å². The Hall–Kier alpha value is -0.513. The number of carbonyl (C=O) groups is 1. The normalized spacial score (nSPS) is 23.5. The van der Waals surface area contributed by atoms with Crippen molar-refractivity contribution in [3.63, 3.8) is 0 Å². The molecule has 0 saturated heterocycles. The van der Waals surface area contributed by atoms with Crippen molar-refractivity contribution in [1.29, 1.82) is 0 Å². The van der Waals surface area contributed by atoms with Gasteiger partial charge in [0.05, 0.1) is 0 Å². The minimum Gasteiger partial charge on any atom is -0.373 e. The summed E-state index contributed by atoms with van der Waals surface area (Å²) < 4.78 is 0. The van der Waals surface area contributed by atoms with Crippen LogP contribution in [0.5, 0.6) is 0 Å². The first-order valence-corrected chi connectivity index (χ1v) is 8.33. The molecule has 2 amide bonds. The topological polar surface area (TPSA) is 32.3 Å². The molecule has 0 aromatic heterocycles. The monoisotopic (exact) mass is 254 g/mol. The average molecular weight is 254 g/mol. The van der Waals surface area contributed by atoms with Gasteiger partial charge >= 0.3 is 6.03 Å². The summed E-state index contributed by atoms with van der Waals surface area (Å²) in [5.74, 6) is 0. The summed E-state index contributed by atoms with van der Waals surface area (Å²) in [6, 6.07) is 1.28. The molecular formula is C13H26N2OSi. The molecule has 2 fully saturated rings. The van der Waals surface area contributed by atoms with Crippen LogP contribution in [0.2, 0.25) is 0 Å². The highest BCUT2D eigenvalue weighted by Gasteiger charge is 2.31. The van der Waals surface area contributed by atoms with Gasteiger partial charge in [0.25, 0.3) is 0 Å². The third-order valence-electron chi connectivity index (χ3n) is 4.38. The van der Waals surface area contributed by atoms with E-state index in [4.69, 9.17) is 0 Å². The number of urea groups is 1. The van der Waals surface area contributed by atoms with Gasteiger partial charge in [-0.25, -0.2) is 4.79 Å². The van der Waals surface area contributed by atoms with Gasteiger partial charge in [-0.1, -0.05) is 38.5 Å². The molecule has 0 heterocycles. The van der Waals surface area contributed by atoms with E-state index in [2.05, 4.69) is 9.88 Å². The van der Waals surface area contributed by atoms with E-state index >= 15 is 0 Å². The molecule has 0 spiro atoms. The number of amides is 2. The Kier molecular flexibility index (Phi) is 4.89. The SMILES string of the molecule is O=C(N[SiH3])N(C1CCCCC1)C1CCCCC1. The average Bonchev–Trinajstić information content (AvgIpc) is 2.41. The molecule has 2 aliphatic carbocycles. The molecular weight excluding hydrogens is 228 g/mol. The zero-order valence-electron chi connectivity index (χ0n) is 11.1. The number of carbonyl (C=O) groups excluding carboxylic acids is 1. The van der Waals surface area contributed by atoms with E-state index < -0.39 is 0 Å². The quantitative estimate of drug-likeness (QED) is 0.751. The van der Waals surface area contributed by atoms with Crippen molar-refractivity contribution in [3.8, 4) is 0 Å². The Balaban J connectivity index is 2.02. The maximum atomic E-state index is 12.2. The van der Waals surface area contributed by atoms with E-state index in [1.807, 2.05) is 0 Å².